The van der Waals surface area contributed by atoms with Gasteiger partial charge in [0.05, 0.1) is 36.0 Å². The Morgan fingerprint density at radius 1 is 1.20 bits per heavy atom. The zero-order chi connectivity index (χ0) is 29.0. The molecule has 2 atom stereocenters. The molecule has 1 aromatic heterocycles. The SMILES string of the molecule is COc1cc(C(=O)CC2CCN(C)CC2)c(C)cc1Nc1ncc(Cl)c(C[C@@H]2CCCC[C@H]2N(C)S(C)(=O)=O)n1. The van der Waals surface area contributed by atoms with Crippen molar-refractivity contribution in [2.24, 2.45) is 11.8 Å². The number of ether oxygens (including phenoxy) is 1. The van der Waals surface area contributed by atoms with Crippen molar-refractivity contribution >= 4 is 39.0 Å². The molecule has 1 aliphatic carbocycles. The first-order chi connectivity index (χ1) is 19.0. The molecule has 1 aromatic carbocycles. The van der Waals surface area contributed by atoms with E-state index < -0.39 is 10.0 Å². The fourth-order valence-electron chi connectivity index (χ4n) is 6.02. The smallest absolute Gasteiger partial charge is 0.227 e. The molecular weight excluding hydrogens is 550 g/mol. The highest BCUT2D eigenvalue weighted by atomic mass is 35.5. The fraction of sp³-hybridized carbons (Fsp3) is 0.621. The molecule has 0 radical (unpaired) electrons. The number of halogens is 1. The van der Waals surface area contributed by atoms with E-state index in [2.05, 4.69) is 22.2 Å². The number of ketones is 1. The van der Waals surface area contributed by atoms with Crippen LogP contribution in [0.1, 0.15) is 66.6 Å². The van der Waals surface area contributed by atoms with Crippen LogP contribution in [0.3, 0.4) is 0 Å². The van der Waals surface area contributed by atoms with Crippen molar-refractivity contribution in [3.05, 3.63) is 40.2 Å². The van der Waals surface area contributed by atoms with Gasteiger partial charge in [-0.25, -0.2) is 22.7 Å². The van der Waals surface area contributed by atoms with E-state index in [9.17, 15) is 13.2 Å². The average Bonchev–Trinajstić information content (AvgIpc) is 2.91. The Kier molecular flexibility index (Phi) is 10.1. The van der Waals surface area contributed by atoms with Gasteiger partial charge in [0, 0.05) is 25.1 Å². The van der Waals surface area contributed by atoms with E-state index in [1.165, 1.54) is 10.6 Å². The fourth-order valence-corrected chi connectivity index (χ4v) is 6.96. The second-order valence-corrected chi connectivity index (χ2v) is 13.9. The highest BCUT2D eigenvalue weighted by molar-refractivity contribution is 7.88. The zero-order valence-corrected chi connectivity index (χ0v) is 25.8. The minimum atomic E-state index is -3.30. The molecule has 9 nitrogen and oxygen atoms in total. The summed E-state index contributed by atoms with van der Waals surface area (Å²) in [4.78, 5) is 24.6. The number of sulfonamides is 1. The molecule has 40 heavy (non-hydrogen) atoms. The summed E-state index contributed by atoms with van der Waals surface area (Å²) in [5.74, 6) is 1.57. The summed E-state index contributed by atoms with van der Waals surface area (Å²) in [6, 6.07) is 3.62. The summed E-state index contributed by atoms with van der Waals surface area (Å²) in [6.45, 7) is 3.99. The van der Waals surface area contributed by atoms with Crippen LogP contribution < -0.4 is 10.1 Å². The van der Waals surface area contributed by atoms with Crippen molar-refractivity contribution in [1.82, 2.24) is 19.2 Å². The summed E-state index contributed by atoms with van der Waals surface area (Å²) >= 11 is 6.51. The monoisotopic (exact) mass is 591 g/mol. The van der Waals surface area contributed by atoms with Gasteiger partial charge in [0.15, 0.2) is 5.78 Å². The third-order valence-corrected chi connectivity index (χ3v) is 10.2. The Morgan fingerprint density at radius 2 is 1.90 bits per heavy atom. The number of Topliss-reactive ketones (excluding diaryl/α,β-unsaturated/α-hetero) is 1. The van der Waals surface area contributed by atoms with Crippen LogP contribution in [0.4, 0.5) is 11.6 Å². The molecule has 0 spiro atoms. The molecule has 1 N–H and O–H groups in total. The van der Waals surface area contributed by atoms with E-state index in [-0.39, 0.29) is 17.7 Å². The van der Waals surface area contributed by atoms with Crippen LogP contribution in [0.25, 0.3) is 0 Å². The van der Waals surface area contributed by atoms with Crippen molar-refractivity contribution in [1.29, 1.82) is 0 Å². The lowest BCUT2D eigenvalue weighted by Gasteiger charge is -2.36. The van der Waals surface area contributed by atoms with Crippen LogP contribution in [-0.4, -0.2) is 80.0 Å². The topological polar surface area (TPSA) is 105 Å². The van der Waals surface area contributed by atoms with Gasteiger partial charge in [0.1, 0.15) is 5.75 Å². The summed E-state index contributed by atoms with van der Waals surface area (Å²) in [5, 5.41) is 3.70. The average molecular weight is 592 g/mol. The Hall–Kier alpha value is -2.27. The number of methoxy groups -OCH3 is 1. The first kappa shape index (κ1) is 30.7. The summed E-state index contributed by atoms with van der Waals surface area (Å²) < 4.78 is 31.6. The predicted octanol–water partition coefficient (Wildman–Crippen LogP) is 5.10. The normalized spacial score (nSPS) is 21.0. The number of piperidine rings is 1. The Morgan fingerprint density at radius 3 is 2.58 bits per heavy atom. The first-order valence-corrected chi connectivity index (χ1v) is 16.3. The van der Waals surface area contributed by atoms with Gasteiger partial charge in [-0.15, -0.1) is 0 Å². The maximum absolute atomic E-state index is 13.2. The quantitative estimate of drug-likeness (QED) is 0.381. The van der Waals surface area contributed by atoms with Crippen LogP contribution in [0.2, 0.25) is 5.02 Å². The van der Waals surface area contributed by atoms with Crippen LogP contribution in [0.5, 0.6) is 5.75 Å². The number of aryl methyl sites for hydroxylation is 1. The number of nitrogens with one attached hydrogen (secondary N) is 1. The van der Waals surface area contributed by atoms with Gasteiger partial charge in [0.2, 0.25) is 16.0 Å². The van der Waals surface area contributed by atoms with Crippen molar-refractivity contribution < 1.29 is 17.9 Å². The number of aromatic nitrogens is 2. The van der Waals surface area contributed by atoms with Crippen molar-refractivity contribution in [3.63, 3.8) is 0 Å². The summed E-state index contributed by atoms with van der Waals surface area (Å²) in [5.41, 5.74) is 2.89. The molecule has 2 fully saturated rings. The molecule has 0 bridgehead atoms. The molecule has 1 saturated carbocycles. The Balaban J connectivity index is 1.51. The van der Waals surface area contributed by atoms with Gasteiger partial charge < -0.3 is 15.0 Å². The van der Waals surface area contributed by atoms with Crippen LogP contribution in [0.15, 0.2) is 18.3 Å². The number of likely N-dealkylation sites (tertiary alicyclic amines) is 1. The van der Waals surface area contributed by atoms with Gasteiger partial charge in [-0.2, -0.15) is 0 Å². The number of anilines is 2. The minimum Gasteiger partial charge on any atom is -0.495 e. The molecule has 220 valence electrons. The Bertz CT molecular complexity index is 1310. The molecule has 11 heteroatoms. The number of hydrogen-bond acceptors (Lipinski definition) is 8. The highest BCUT2D eigenvalue weighted by Gasteiger charge is 2.33. The highest BCUT2D eigenvalue weighted by Crippen LogP contribution is 2.35. The zero-order valence-electron chi connectivity index (χ0n) is 24.2. The second-order valence-electron chi connectivity index (χ2n) is 11.4. The van der Waals surface area contributed by atoms with Gasteiger partial charge in [-0.05, 0) is 88.7 Å². The van der Waals surface area contributed by atoms with E-state index in [1.54, 1.807) is 26.4 Å². The summed E-state index contributed by atoms with van der Waals surface area (Å²) in [7, 11) is 2.05. The number of carbonyl (C=O) groups is 1. The third-order valence-electron chi connectivity index (χ3n) is 8.54. The maximum Gasteiger partial charge on any atom is 0.227 e. The van der Waals surface area contributed by atoms with Crippen LogP contribution in [-0.2, 0) is 16.4 Å². The predicted molar refractivity (Wildman–Crippen MR) is 159 cm³/mol. The molecule has 1 saturated heterocycles. The van der Waals surface area contributed by atoms with Gasteiger partial charge in [-0.3, -0.25) is 4.79 Å². The number of nitrogens with zero attached hydrogens (tertiary/aromatic N) is 4. The van der Waals surface area contributed by atoms with Crippen LogP contribution in [0, 0.1) is 18.8 Å². The molecule has 1 aliphatic heterocycles. The van der Waals surface area contributed by atoms with Crippen molar-refractivity contribution in [3.8, 4) is 5.75 Å². The lowest BCUT2D eigenvalue weighted by Crippen LogP contribution is -2.43. The Labute approximate surface area is 243 Å². The first-order valence-electron chi connectivity index (χ1n) is 14.1. The molecule has 2 aromatic rings. The second kappa shape index (κ2) is 13.1. The summed E-state index contributed by atoms with van der Waals surface area (Å²) in [6.07, 6.45) is 9.79. The standard InChI is InChI=1S/C29H42ClN5O4S/c1-19-14-25(28(39-4)17-22(19)27(36)15-20-10-12-34(2)13-11-20)33-29-31-18-23(30)24(32-29)16-21-8-6-7-9-26(21)35(3)40(5,37)38/h14,17-18,20-21,26H,6-13,15-16H2,1-5H3,(H,31,32,33)/t21-,26+/m0/s1. The van der Waals surface area contributed by atoms with Crippen molar-refractivity contribution in [2.45, 2.75) is 64.3 Å². The van der Waals surface area contributed by atoms with E-state index in [0.717, 1.165) is 57.2 Å². The molecule has 2 aliphatic rings. The number of benzene rings is 1. The maximum atomic E-state index is 13.2. The van der Waals surface area contributed by atoms with E-state index in [4.69, 9.17) is 21.3 Å². The molecule has 0 amide bonds. The lowest BCUT2D eigenvalue weighted by molar-refractivity contribution is 0.0935. The van der Waals surface area contributed by atoms with E-state index in [0.29, 0.717) is 52.4 Å². The van der Waals surface area contributed by atoms with Gasteiger partial charge in [-0.1, -0.05) is 24.4 Å². The molecule has 2 heterocycles. The molecular formula is C29H42ClN5O4S. The van der Waals surface area contributed by atoms with E-state index >= 15 is 0 Å². The molecule has 0 unspecified atom stereocenters. The van der Waals surface area contributed by atoms with Crippen LogP contribution >= 0.6 is 11.6 Å². The van der Waals surface area contributed by atoms with Crippen molar-refractivity contribution in [2.75, 3.05) is 45.9 Å². The minimum absolute atomic E-state index is 0.0893. The number of hydrogen-bond donors (Lipinski definition) is 1. The third kappa shape index (κ3) is 7.51. The largest absolute Gasteiger partial charge is 0.495 e. The number of rotatable bonds is 10. The number of carbonyl (C=O) groups excluding carboxylic acids is 1. The van der Waals surface area contributed by atoms with Gasteiger partial charge >= 0.3 is 0 Å². The van der Waals surface area contributed by atoms with E-state index in [1.807, 2.05) is 13.0 Å². The lowest BCUT2D eigenvalue weighted by atomic mass is 9.81. The molecule has 4 rings (SSSR count). The van der Waals surface area contributed by atoms with Gasteiger partial charge in [0.25, 0.3) is 0 Å².